The van der Waals surface area contributed by atoms with Crippen LogP contribution in [0.15, 0.2) is 64.7 Å². The number of aromatic hydroxyl groups is 1. The molecule has 8 heteroatoms. The van der Waals surface area contributed by atoms with E-state index in [1.54, 1.807) is 12.3 Å². The normalized spacial score (nSPS) is 44.1. The zero-order chi connectivity index (χ0) is 39.1. The molecule has 55 heavy (non-hydrogen) atoms. The minimum atomic E-state index is -0.901. The molecule has 1 aliphatic heterocycles. The van der Waals surface area contributed by atoms with Crippen LogP contribution in [-0.4, -0.2) is 45.6 Å². The van der Waals surface area contributed by atoms with E-state index < -0.39 is 21.8 Å². The number of rotatable bonds is 3. The number of fused-ring (bicyclic) bond motifs is 8. The van der Waals surface area contributed by atoms with E-state index in [0.29, 0.717) is 35.5 Å². The lowest BCUT2D eigenvalue weighted by Gasteiger charge is -2.62. The van der Waals surface area contributed by atoms with E-state index in [1.807, 2.05) is 58.2 Å². The Labute approximate surface area is 325 Å². The first-order chi connectivity index (χ1) is 26.0. The van der Waals surface area contributed by atoms with Gasteiger partial charge in [0.2, 0.25) is 5.78 Å². The first-order valence-electron chi connectivity index (χ1n) is 20.9. The van der Waals surface area contributed by atoms with Crippen LogP contribution < -0.4 is 0 Å². The standard InChI is InChI=1S/C26H30O5.C21H28O3/c1-22(2)17(27)7-9-23(3)16-6-10-24(4)15(14-8-11-30-13-14)12-18-26(24,31-18)25(16,5)21(29)19(28)20(22)23;1-3-20(23)24-19-9-8-18-17-6-4-13-12-14(22)5-7-15(13)16(17)10-11-21(18,19)2/h7-9,11,13,15-16,18,28H,6,10,12H2,1-5H3;5,7,12,16-19,22H,3-4,6,8-11H2,1-2H3. The zero-order valence-electron chi connectivity index (χ0n) is 33.6. The van der Waals surface area contributed by atoms with Crippen molar-refractivity contribution in [2.75, 3.05) is 0 Å². The summed E-state index contributed by atoms with van der Waals surface area (Å²) in [5.41, 5.74) is 1.55. The highest BCUT2D eigenvalue weighted by molar-refractivity contribution is 6.06. The Balaban J connectivity index is 0.000000149. The number of phenolic OH excluding ortho intramolecular Hbond substituents is 1. The molecule has 1 saturated heterocycles. The fraction of sp³-hybridized carbons (Fsp3) is 0.638. The van der Waals surface area contributed by atoms with E-state index in [4.69, 9.17) is 13.9 Å². The maximum absolute atomic E-state index is 14.0. The maximum Gasteiger partial charge on any atom is 0.305 e. The Morgan fingerprint density at radius 1 is 0.964 bits per heavy atom. The van der Waals surface area contributed by atoms with Crippen molar-refractivity contribution < 1.29 is 38.5 Å². The molecule has 2 N–H and O–H groups in total. The summed E-state index contributed by atoms with van der Waals surface area (Å²) in [5.74, 6) is 2.01. The van der Waals surface area contributed by atoms with Crippen LogP contribution in [0.25, 0.3) is 0 Å². The van der Waals surface area contributed by atoms with E-state index in [-0.39, 0.29) is 58.2 Å². The number of hydrogen-bond acceptors (Lipinski definition) is 8. The zero-order valence-corrected chi connectivity index (χ0v) is 33.6. The molecule has 7 aliphatic carbocycles. The number of furan rings is 1. The van der Waals surface area contributed by atoms with Crippen molar-refractivity contribution in [2.45, 2.75) is 142 Å². The minimum Gasteiger partial charge on any atom is -0.508 e. The summed E-state index contributed by atoms with van der Waals surface area (Å²) in [6.07, 6.45) is 17.1. The molecule has 8 nitrogen and oxygen atoms in total. The average Bonchev–Trinajstić information content (AvgIpc) is 3.38. The van der Waals surface area contributed by atoms with Gasteiger partial charge in [-0.1, -0.05) is 39.8 Å². The van der Waals surface area contributed by atoms with Crippen LogP contribution in [0.3, 0.4) is 0 Å². The summed E-state index contributed by atoms with van der Waals surface area (Å²) in [5, 5.41) is 21.1. The average molecular weight is 751 g/mol. The summed E-state index contributed by atoms with van der Waals surface area (Å²) in [6.45, 7) is 14.3. The molecule has 0 bridgehead atoms. The number of aliphatic hydroxyl groups excluding tert-OH is 1. The van der Waals surface area contributed by atoms with Gasteiger partial charge in [0.25, 0.3) is 0 Å². The Morgan fingerprint density at radius 3 is 2.47 bits per heavy atom. The Morgan fingerprint density at radius 2 is 1.75 bits per heavy atom. The lowest BCUT2D eigenvalue weighted by atomic mass is 9.39. The Kier molecular flexibility index (Phi) is 8.02. The molecule has 4 saturated carbocycles. The Bertz CT molecular complexity index is 2020. The van der Waals surface area contributed by atoms with E-state index in [0.717, 1.165) is 38.5 Å². The van der Waals surface area contributed by atoms with Crippen LogP contribution in [0.5, 0.6) is 5.75 Å². The van der Waals surface area contributed by atoms with E-state index in [9.17, 15) is 24.6 Å². The molecule has 1 aromatic heterocycles. The molecular weight excluding hydrogens is 693 g/mol. The maximum atomic E-state index is 14.0. The second-order valence-electron chi connectivity index (χ2n) is 19.8. The van der Waals surface area contributed by atoms with Crippen molar-refractivity contribution in [3.05, 3.63) is 77.0 Å². The molecule has 2 aromatic rings. The van der Waals surface area contributed by atoms with Gasteiger partial charge >= 0.3 is 5.97 Å². The Hall–Kier alpha value is -3.65. The fourth-order valence-electron chi connectivity index (χ4n) is 14.7. The van der Waals surface area contributed by atoms with Gasteiger partial charge in [0, 0.05) is 22.7 Å². The lowest BCUT2D eigenvalue weighted by Crippen LogP contribution is -2.66. The van der Waals surface area contributed by atoms with Gasteiger partial charge in [-0.3, -0.25) is 14.4 Å². The van der Waals surface area contributed by atoms with Gasteiger partial charge in [-0.2, -0.15) is 0 Å². The molecule has 294 valence electrons. The summed E-state index contributed by atoms with van der Waals surface area (Å²) < 4.78 is 17.7. The van der Waals surface area contributed by atoms with Gasteiger partial charge in [-0.25, -0.2) is 0 Å². The number of ketones is 2. The third kappa shape index (κ3) is 4.64. The van der Waals surface area contributed by atoms with Crippen LogP contribution >= 0.6 is 0 Å². The fourth-order valence-corrected chi connectivity index (χ4v) is 14.7. The van der Waals surface area contributed by atoms with Crippen molar-refractivity contribution in [1.29, 1.82) is 0 Å². The number of Topliss-reactive ketones (excluding diaryl/α,β-unsaturated/α-hetero) is 1. The van der Waals surface area contributed by atoms with Crippen LogP contribution in [0.2, 0.25) is 0 Å². The van der Waals surface area contributed by atoms with Crippen LogP contribution in [0.1, 0.15) is 135 Å². The summed E-state index contributed by atoms with van der Waals surface area (Å²) in [7, 11) is 0. The molecule has 2 heterocycles. The molecule has 0 amide bonds. The first-order valence-corrected chi connectivity index (χ1v) is 20.9. The number of carbonyl (C=O) groups is 3. The molecule has 1 aromatic carbocycles. The van der Waals surface area contributed by atoms with E-state index >= 15 is 0 Å². The number of hydrogen-bond donors (Lipinski definition) is 2. The monoisotopic (exact) mass is 750 g/mol. The number of allylic oxidation sites excluding steroid dienone is 4. The van der Waals surface area contributed by atoms with Gasteiger partial charge < -0.3 is 24.1 Å². The number of epoxide rings is 1. The number of ether oxygens (including phenoxy) is 2. The molecule has 1 spiro atoms. The van der Waals surface area contributed by atoms with Crippen LogP contribution in [0.4, 0.5) is 0 Å². The minimum absolute atomic E-state index is 0.00527. The molecule has 8 aliphatic rings. The highest BCUT2D eigenvalue weighted by atomic mass is 16.6. The van der Waals surface area contributed by atoms with Crippen molar-refractivity contribution in [1.82, 2.24) is 0 Å². The molecule has 0 radical (unpaired) electrons. The molecule has 10 rings (SSSR count). The van der Waals surface area contributed by atoms with Gasteiger partial charge in [-0.15, -0.1) is 0 Å². The quantitative estimate of drug-likeness (QED) is 0.235. The van der Waals surface area contributed by atoms with Crippen LogP contribution in [-0.2, 0) is 30.3 Å². The highest BCUT2D eigenvalue weighted by Crippen LogP contribution is 2.81. The van der Waals surface area contributed by atoms with Gasteiger partial charge in [0.05, 0.1) is 29.5 Å². The molecule has 12 unspecified atom stereocenters. The van der Waals surface area contributed by atoms with Gasteiger partial charge in [0.15, 0.2) is 11.5 Å². The second kappa shape index (κ2) is 11.9. The lowest BCUT2D eigenvalue weighted by molar-refractivity contribution is -0.162. The summed E-state index contributed by atoms with van der Waals surface area (Å²) in [4.78, 5) is 38.6. The molecule has 5 fully saturated rings. The largest absolute Gasteiger partial charge is 0.508 e. The SMILES string of the molecule is CC1(C)C(=O)C=CC2(C)C1=C(O)C(=O)C1(C)C2CCC2(C)C(c3ccoc3)CC3OC321.CCC(=O)OC1CCC2C3CCc4cc(O)ccc4C3CCC12C. The number of phenols is 1. The first kappa shape index (κ1) is 37.0. The number of aliphatic hydroxyl groups is 1. The molecular formula is C47H58O8. The van der Waals surface area contributed by atoms with Crippen molar-refractivity contribution >= 4 is 17.5 Å². The summed E-state index contributed by atoms with van der Waals surface area (Å²) >= 11 is 0. The third-order valence-corrected chi connectivity index (χ3v) is 17.4. The van der Waals surface area contributed by atoms with E-state index in [1.165, 1.54) is 36.0 Å². The van der Waals surface area contributed by atoms with Gasteiger partial charge in [-0.05, 0) is 155 Å². The smallest absolute Gasteiger partial charge is 0.305 e. The third-order valence-electron chi connectivity index (χ3n) is 17.4. The number of esters is 1. The number of aryl methyl sites for hydroxylation is 1. The topological polar surface area (TPSA) is 127 Å². The molecule has 12 atom stereocenters. The predicted octanol–water partition coefficient (Wildman–Crippen LogP) is 9.46. The van der Waals surface area contributed by atoms with Crippen LogP contribution in [0, 0.1) is 44.8 Å². The second-order valence-corrected chi connectivity index (χ2v) is 19.8. The van der Waals surface area contributed by atoms with Gasteiger partial charge in [0.1, 0.15) is 17.5 Å². The highest BCUT2D eigenvalue weighted by Gasteiger charge is 2.87. The van der Waals surface area contributed by atoms with Crippen molar-refractivity contribution in [3.63, 3.8) is 0 Å². The number of benzene rings is 1. The van der Waals surface area contributed by atoms with E-state index in [2.05, 4.69) is 26.8 Å². The van der Waals surface area contributed by atoms with Crippen molar-refractivity contribution in [3.8, 4) is 5.75 Å². The predicted molar refractivity (Wildman–Crippen MR) is 206 cm³/mol. The summed E-state index contributed by atoms with van der Waals surface area (Å²) in [6, 6.07) is 7.98. The van der Waals surface area contributed by atoms with Crippen molar-refractivity contribution in [2.24, 2.45) is 44.8 Å². The number of carbonyl (C=O) groups excluding carboxylic acids is 3.